The number of carbonyl (C=O) groups is 2. The molecule has 0 aromatic heterocycles. The smallest absolute Gasteiger partial charge is 0.339 e. The number of sulfonamides is 1. The van der Waals surface area contributed by atoms with Gasteiger partial charge in [-0.25, -0.2) is 18.4 Å². The highest BCUT2D eigenvalue weighted by molar-refractivity contribution is 9.10. The summed E-state index contributed by atoms with van der Waals surface area (Å²) in [6.45, 7) is -0.536. The zero-order valence-corrected chi connectivity index (χ0v) is 17.9. The van der Waals surface area contributed by atoms with Crippen molar-refractivity contribution in [3.05, 3.63) is 82.8 Å². The van der Waals surface area contributed by atoms with Crippen molar-refractivity contribution < 1.29 is 22.7 Å². The fourth-order valence-electron chi connectivity index (χ4n) is 2.62. The largest absolute Gasteiger partial charge is 0.452 e. The molecule has 0 atom stereocenters. The number of esters is 1. The van der Waals surface area contributed by atoms with Crippen LogP contribution in [0.3, 0.4) is 0 Å². The molecule has 0 radical (unpaired) electrons. The molecule has 0 bridgehead atoms. The molecule has 0 aliphatic heterocycles. The molecule has 154 valence electrons. The van der Waals surface area contributed by atoms with E-state index in [-0.39, 0.29) is 10.5 Å². The van der Waals surface area contributed by atoms with E-state index in [4.69, 9.17) is 9.88 Å². The highest BCUT2D eigenvalue weighted by Gasteiger charge is 2.18. The Balaban J connectivity index is 1.60. The molecule has 0 heterocycles. The molecule has 3 aromatic rings. The number of ether oxygens (including phenoxy) is 1. The van der Waals surface area contributed by atoms with E-state index in [1.807, 2.05) is 42.5 Å². The summed E-state index contributed by atoms with van der Waals surface area (Å²) in [5.74, 6) is -1.39. The molecule has 0 saturated carbocycles. The van der Waals surface area contributed by atoms with E-state index in [1.165, 1.54) is 12.1 Å². The van der Waals surface area contributed by atoms with Crippen molar-refractivity contribution in [3.8, 4) is 11.1 Å². The van der Waals surface area contributed by atoms with Gasteiger partial charge in [-0.05, 0) is 57.4 Å². The zero-order chi connectivity index (χ0) is 21.7. The highest BCUT2D eigenvalue weighted by atomic mass is 79.9. The second kappa shape index (κ2) is 9.21. The first-order valence-corrected chi connectivity index (χ1v) is 11.0. The maximum atomic E-state index is 12.2. The van der Waals surface area contributed by atoms with Crippen LogP contribution in [0.4, 0.5) is 5.69 Å². The molecular formula is C21H17BrN2O5S. The Morgan fingerprint density at radius 2 is 1.57 bits per heavy atom. The number of benzene rings is 3. The lowest BCUT2D eigenvalue weighted by molar-refractivity contribution is -0.119. The highest BCUT2D eigenvalue weighted by Crippen LogP contribution is 2.22. The van der Waals surface area contributed by atoms with E-state index in [9.17, 15) is 18.0 Å². The summed E-state index contributed by atoms with van der Waals surface area (Å²) in [7, 11) is -3.98. The summed E-state index contributed by atoms with van der Waals surface area (Å²) in [5.41, 5.74) is 2.55. The number of halogens is 1. The van der Waals surface area contributed by atoms with Gasteiger partial charge in [0.15, 0.2) is 6.61 Å². The van der Waals surface area contributed by atoms with Gasteiger partial charge in [-0.2, -0.15) is 0 Å². The number of carbonyl (C=O) groups excluding carboxylic acids is 2. The molecule has 0 fully saturated rings. The standard InChI is InChI=1S/C21H17BrN2O5S/c22-19-11-10-17(30(23,27)28)12-18(19)21(26)29-13-20(25)24-16-8-6-15(7-9-16)14-4-2-1-3-5-14/h1-12H,13H2,(H,24,25)(H2,23,27,28). The number of hydrogen-bond donors (Lipinski definition) is 2. The van der Waals surface area contributed by atoms with Crippen LogP contribution in [0.1, 0.15) is 10.4 Å². The molecule has 0 saturated heterocycles. The summed E-state index contributed by atoms with van der Waals surface area (Å²) in [5, 5.41) is 7.71. The van der Waals surface area contributed by atoms with Gasteiger partial charge in [0.1, 0.15) is 0 Å². The van der Waals surface area contributed by atoms with Gasteiger partial charge < -0.3 is 10.1 Å². The third-order valence-electron chi connectivity index (χ3n) is 4.10. The van der Waals surface area contributed by atoms with Crippen LogP contribution in [0, 0.1) is 0 Å². The maximum absolute atomic E-state index is 12.2. The normalized spacial score (nSPS) is 11.0. The second-order valence-electron chi connectivity index (χ2n) is 6.25. The van der Waals surface area contributed by atoms with Crippen LogP contribution in [0.5, 0.6) is 0 Å². The van der Waals surface area contributed by atoms with Crippen LogP contribution < -0.4 is 10.5 Å². The summed E-state index contributed by atoms with van der Waals surface area (Å²) in [6.07, 6.45) is 0. The molecule has 7 nitrogen and oxygen atoms in total. The van der Waals surface area contributed by atoms with Crippen LogP contribution >= 0.6 is 15.9 Å². The Morgan fingerprint density at radius 3 is 2.20 bits per heavy atom. The quantitative estimate of drug-likeness (QED) is 0.514. The average molecular weight is 489 g/mol. The number of amides is 1. The SMILES string of the molecule is NS(=O)(=O)c1ccc(Br)c(C(=O)OCC(=O)Nc2ccc(-c3ccccc3)cc2)c1. The van der Waals surface area contributed by atoms with Crippen molar-refractivity contribution in [1.29, 1.82) is 0 Å². The molecule has 0 spiro atoms. The van der Waals surface area contributed by atoms with E-state index in [0.717, 1.165) is 17.2 Å². The summed E-state index contributed by atoms with van der Waals surface area (Å²) < 4.78 is 28.2. The first-order valence-electron chi connectivity index (χ1n) is 8.69. The maximum Gasteiger partial charge on any atom is 0.339 e. The lowest BCUT2D eigenvalue weighted by Crippen LogP contribution is -2.21. The molecule has 3 aromatic carbocycles. The number of primary sulfonamides is 1. The molecule has 30 heavy (non-hydrogen) atoms. The minimum atomic E-state index is -3.98. The van der Waals surface area contributed by atoms with Gasteiger partial charge in [0, 0.05) is 10.2 Å². The molecule has 0 unspecified atom stereocenters. The van der Waals surface area contributed by atoms with Crippen LogP contribution in [0.2, 0.25) is 0 Å². The lowest BCUT2D eigenvalue weighted by atomic mass is 10.1. The molecule has 9 heteroatoms. The Bertz CT molecular complexity index is 1180. The van der Waals surface area contributed by atoms with E-state index in [1.54, 1.807) is 12.1 Å². The predicted octanol–water partition coefficient (Wildman–Crippen LogP) is 3.56. The Hall–Kier alpha value is -3.01. The minimum Gasteiger partial charge on any atom is -0.452 e. The number of nitrogens with one attached hydrogen (secondary N) is 1. The van der Waals surface area contributed by atoms with Crippen molar-refractivity contribution in [1.82, 2.24) is 0 Å². The minimum absolute atomic E-state index is 0.0541. The number of anilines is 1. The van der Waals surface area contributed by atoms with Crippen LogP contribution in [-0.2, 0) is 19.6 Å². The van der Waals surface area contributed by atoms with Gasteiger partial charge in [0.2, 0.25) is 10.0 Å². The van der Waals surface area contributed by atoms with Crippen molar-refractivity contribution in [2.75, 3.05) is 11.9 Å². The Morgan fingerprint density at radius 1 is 0.933 bits per heavy atom. The number of rotatable bonds is 6. The van der Waals surface area contributed by atoms with Gasteiger partial charge in [-0.3, -0.25) is 4.79 Å². The third-order valence-corrected chi connectivity index (χ3v) is 5.70. The Labute approximate surface area is 182 Å². The average Bonchev–Trinajstić information content (AvgIpc) is 2.72. The molecule has 3 N–H and O–H groups in total. The van der Waals surface area contributed by atoms with Crippen molar-refractivity contribution in [2.24, 2.45) is 5.14 Å². The van der Waals surface area contributed by atoms with Crippen LogP contribution in [0.15, 0.2) is 82.2 Å². The monoisotopic (exact) mass is 488 g/mol. The number of hydrogen-bond acceptors (Lipinski definition) is 5. The summed E-state index contributed by atoms with van der Waals surface area (Å²) >= 11 is 3.15. The molecule has 1 amide bonds. The second-order valence-corrected chi connectivity index (χ2v) is 8.67. The van der Waals surface area contributed by atoms with E-state index in [0.29, 0.717) is 10.2 Å². The van der Waals surface area contributed by atoms with E-state index in [2.05, 4.69) is 21.2 Å². The van der Waals surface area contributed by atoms with Crippen molar-refractivity contribution in [3.63, 3.8) is 0 Å². The van der Waals surface area contributed by atoms with Crippen LogP contribution in [0.25, 0.3) is 11.1 Å². The van der Waals surface area contributed by atoms with E-state index >= 15 is 0 Å². The molecule has 0 aliphatic rings. The topological polar surface area (TPSA) is 116 Å². The summed E-state index contributed by atoms with van der Waals surface area (Å²) in [6, 6.07) is 20.7. The molecular weight excluding hydrogens is 472 g/mol. The zero-order valence-electron chi connectivity index (χ0n) is 15.5. The van der Waals surface area contributed by atoms with Gasteiger partial charge in [0.25, 0.3) is 5.91 Å². The molecule has 0 aliphatic carbocycles. The first kappa shape index (κ1) is 21.7. The van der Waals surface area contributed by atoms with Gasteiger partial charge >= 0.3 is 5.97 Å². The van der Waals surface area contributed by atoms with Gasteiger partial charge in [-0.15, -0.1) is 0 Å². The molecule has 3 rings (SSSR count). The predicted molar refractivity (Wildman–Crippen MR) is 116 cm³/mol. The van der Waals surface area contributed by atoms with Crippen molar-refractivity contribution >= 4 is 43.5 Å². The lowest BCUT2D eigenvalue weighted by Gasteiger charge is -2.09. The van der Waals surface area contributed by atoms with Crippen LogP contribution in [-0.4, -0.2) is 26.9 Å². The third kappa shape index (κ3) is 5.53. The Kier molecular flexibility index (Phi) is 6.66. The van der Waals surface area contributed by atoms with E-state index < -0.39 is 28.5 Å². The van der Waals surface area contributed by atoms with Gasteiger partial charge in [-0.1, -0.05) is 42.5 Å². The fraction of sp³-hybridized carbons (Fsp3) is 0.0476. The number of nitrogens with two attached hydrogens (primary N) is 1. The first-order chi connectivity index (χ1) is 14.2. The fourth-order valence-corrected chi connectivity index (χ4v) is 3.57. The van der Waals surface area contributed by atoms with Gasteiger partial charge in [0.05, 0.1) is 10.5 Å². The van der Waals surface area contributed by atoms with Crippen molar-refractivity contribution in [2.45, 2.75) is 4.90 Å². The summed E-state index contributed by atoms with van der Waals surface area (Å²) in [4.78, 5) is 24.1.